The van der Waals surface area contributed by atoms with Crippen molar-refractivity contribution in [3.05, 3.63) is 53.5 Å². The summed E-state index contributed by atoms with van der Waals surface area (Å²) in [5, 5.41) is 5.17. The van der Waals surface area contributed by atoms with Gasteiger partial charge in [-0.25, -0.2) is 0 Å². The largest absolute Gasteiger partial charge is 0.463 e. The van der Waals surface area contributed by atoms with Gasteiger partial charge in [-0.2, -0.15) is 0 Å². The number of carbonyl (C=O) groups is 1. The third kappa shape index (κ3) is 5.18. The second-order valence-corrected chi connectivity index (χ2v) is 6.58. The Kier molecular flexibility index (Phi) is 7.22. The number of rotatable bonds is 9. The molecule has 0 saturated heterocycles. The van der Waals surface area contributed by atoms with Gasteiger partial charge in [0, 0.05) is 5.69 Å². The maximum Gasteiger partial charge on any atom is 0.279 e. The van der Waals surface area contributed by atoms with E-state index in [2.05, 4.69) is 56.8 Å². The van der Waals surface area contributed by atoms with Crippen molar-refractivity contribution in [2.75, 3.05) is 32.5 Å². The lowest BCUT2D eigenvalue weighted by Crippen LogP contribution is -3.09. The van der Waals surface area contributed by atoms with E-state index in [1.165, 1.54) is 16.0 Å². The van der Waals surface area contributed by atoms with Crippen LogP contribution in [0, 0.1) is 0 Å². The van der Waals surface area contributed by atoms with Gasteiger partial charge in [0.05, 0.1) is 20.4 Å². The third-order valence-electron chi connectivity index (χ3n) is 4.58. The average Bonchev–Trinajstić information content (AvgIpc) is 3.12. The van der Waals surface area contributed by atoms with E-state index in [0.717, 1.165) is 30.8 Å². The molecule has 0 aliphatic rings. The number of para-hydroxylation sites is 1. The quantitative estimate of drug-likeness (QED) is 0.629. The van der Waals surface area contributed by atoms with Crippen LogP contribution in [0.2, 0.25) is 0 Å². The van der Waals surface area contributed by atoms with Gasteiger partial charge in [-0.05, 0) is 36.1 Å². The van der Waals surface area contributed by atoms with E-state index in [4.69, 9.17) is 4.42 Å². The fourth-order valence-electron chi connectivity index (χ4n) is 3.10. The van der Waals surface area contributed by atoms with Crippen molar-refractivity contribution >= 4 is 11.6 Å². The lowest BCUT2D eigenvalue weighted by molar-refractivity contribution is -0.909. The fourth-order valence-corrected chi connectivity index (χ4v) is 3.10. The first kappa shape index (κ1) is 19.2. The summed E-state index contributed by atoms with van der Waals surface area (Å²) in [6, 6.07) is 10.4. The molecule has 136 valence electrons. The number of hydrogen-bond donors (Lipinski definition) is 3. The number of anilines is 1. The number of amides is 1. The summed E-state index contributed by atoms with van der Waals surface area (Å²) < 4.78 is 5.53. The van der Waals surface area contributed by atoms with Crippen molar-refractivity contribution in [1.82, 2.24) is 0 Å². The second-order valence-electron chi connectivity index (χ2n) is 6.58. The van der Waals surface area contributed by atoms with Crippen LogP contribution < -0.4 is 15.5 Å². The molecule has 1 aromatic carbocycles. The highest BCUT2D eigenvalue weighted by Gasteiger charge is 2.23. The minimum absolute atomic E-state index is 0.0440. The lowest BCUT2D eigenvalue weighted by Gasteiger charge is -2.18. The molecule has 2 rings (SSSR count). The van der Waals surface area contributed by atoms with E-state index in [1.807, 2.05) is 12.1 Å². The predicted octanol–water partition coefficient (Wildman–Crippen LogP) is 0.792. The van der Waals surface area contributed by atoms with E-state index in [0.29, 0.717) is 6.54 Å². The first-order valence-electron chi connectivity index (χ1n) is 9.12. The van der Waals surface area contributed by atoms with Crippen LogP contribution >= 0.6 is 0 Å². The Bertz CT molecular complexity index is 643. The summed E-state index contributed by atoms with van der Waals surface area (Å²) in [4.78, 5) is 13.7. The molecular formula is C20H31N3O2+2. The third-order valence-corrected chi connectivity index (χ3v) is 4.58. The van der Waals surface area contributed by atoms with E-state index in [-0.39, 0.29) is 11.9 Å². The van der Waals surface area contributed by atoms with Crippen LogP contribution in [0.4, 0.5) is 5.69 Å². The SMILES string of the molecule is CCc1cccc(CC)c1NC(=O)C[NH2+]C[C@H](c1ccco1)[NH+](C)C. The Morgan fingerprint density at radius 1 is 1.16 bits per heavy atom. The molecule has 0 unspecified atom stereocenters. The van der Waals surface area contributed by atoms with Crippen LogP contribution in [0.5, 0.6) is 0 Å². The van der Waals surface area contributed by atoms with Crippen LogP contribution in [0.3, 0.4) is 0 Å². The molecule has 5 heteroatoms. The van der Waals surface area contributed by atoms with Crippen LogP contribution in [-0.4, -0.2) is 33.1 Å². The first-order valence-corrected chi connectivity index (χ1v) is 9.12. The zero-order valence-corrected chi connectivity index (χ0v) is 15.8. The molecule has 2 aromatic rings. The van der Waals surface area contributed by atoms with Gasteiger partial charge in [-0.3, -0.25) is 4.79 Å². The maximum atomic E-state index is 12.4. The van der Waals surface area contributed by atoms with Crippen LogP contribution in [0.15, 0.2) is 41.0 Å². The molecule has 0 radical (unpaired) electrons. The Morgan fingerprint density at radius 3 is 2.36 bits per heavy atom. The zero-order chi connectivity index (χ0) is 18.2. The summed E-state index contributed by atoms with van der Waals surface area (Å²) >= 11 is 0. The number of furan rings is 1. The molecule has 1 atom stereocenters. The van der Waals surface area contributed by atoms with E-state index in [9.17, 15) is 4.79 Å². The van der Waals surface area contributed by atoms with Crippen molar-refractivity contribution in [2.45, 2.75) is 32.7 Å². The maximum absolute atomic E-state index is 12.4. The summed E-state index contributed by atoms with van der Waals surface area (Å²) in [6.07, 6.45) is 3.53. The molecule has 1 heterocycles. The molecule has 5 nitrogen and oxygen atoms in total. The number of aryl methyl sites for hydroxylation is 2. The number of carbonyl (C=O) groups excluding carboxylic acids is 1. The van der Waals surface area contributed by atoms with Gasteiger partial charge >= 0.3 is 0 Å². The van der Waals surface area contributed by atoms with Crippen LogP contribution in [0.1, 0.15) is 36.8 Å². The minimum Gasteiger partial charge on any atom is -0.463 e. The lowest BCUT2D eigenvalue weighted by atomic mass is 10.0. The van der Waals surface area contributed by atoms with Gasteiger partial charge in [0.2, 0.25) is 0 Å². The fraction of sp³-hybridized carbons (Fsp3) is 0.450. The van der Waals surface area contributed by atoms with Crippen molar-refractivity contribution in [2.24, 2.45) is 0 Å². The van der Waals surface area contributed by atoms with Gasteiger partial charge in [-0.1, -0.05) is 32.0 Å². The number of nitrogens with one attached hydrogen (secondary N) is 2. The van der Waals surface area contributed by atoms with Crippen molar-refractivity contribution in [3.63, 3.8) is 0 Å². The Hall–Kier alpha value is -2.11. The standard InChI is InChI=1S/C20H29N3O2/c1-5-15-9-7-10-16(6-2)20(15)22-19(24)14-21-13-17(23(3)4)18-11-8-12-25-18/h7-12,17,21H,5-6,13-14H2,1-4H3,(H,22,24)/p+2/t17-/m1/s1. The Labute approximate surface area is 150 Å². The zero-order valence-electron chi connectivity index (χ0n) is 15.8. The van der Waals surface area contributed by atoms with Crippen molar-refractivity contribution in [3.8, 4) is 0 Å². The van der Waals surface area contributed by atoms with Crippen molar-refractivity contribution in [1.29, 1.82) is 0 Å². The molecule has 0 spiro atoms. The average molecular weight is 345 g/mol. The molecule has 0 aliphatic heterocycles. The number of nitrogens with two attached hydrogens (primary N) is 1. The number of hydrogen-bond acceptors (Lipinski definition) is 2. The van der Waals surface area contributed by atoms with Gasteiger partial charge in [0.1, 0.15) is 6.54 Å². The van der Waals surface area contributed by atoms with E-state index < -0.39 is 0 Å². The molecule has 0 bridgehead atoms. The summed E-state index contributed by atoms with van der Waals surface area (Å²) in [5.74, 6) is 1.00. The van der Waals surface area contributed by atoms with Crippen molar-refractivity contribution < 1.29 is 19.4 Å². The van der Waals surface area contributed by atoms with E-state index >= 15 is 0 Å². The number of benzene rings is 1. The number of likely N-dealkylation sites (N-methyl/N-ethyl adjacent to an activating group) is 1. The van der Waals surface area contributed by atoms with E-state index in [1.54, 1.807) is 6.26 Å². The predicted molar refractivity (Wildman–Crippen MR) is 99.7 cm³/mol. The smallest absolute Gasteiger partial charge is 0.279 e. The highest BCUT2D eigenvalue weighted by molar-refractivity contribution is 5.93. The molecule has 1 aromatic heterocycles. The molecule has 0 saturated carbocycles. The highest BCUT2D eigenvalue weighted by Crippen LogP contribution is 2.22. The molecule has 0 fully saturated rings. The van der Waals surface area contributed by atoms with Gasteiger partial charge in [0.25, 0.3) is 5.91 Å². The number of quaternary nitrogens is 2. The monoisotopic (exact) mass is 345 g/mol. The summed E-state index contributed by atoms with van der Waals surface area (Å²) in [5.41, 5.74) is 3.38. The normalized spacial score (nSPS) is 12.4. The van der Waals surface area contributed by atoms with Crippen LogP contribution in [-0.2, 0) is 17.6 Å². The molecule has 1 amide bonds. The Morgan fingerprint density at radius 2 is 1.84 bits per heavy atom. The molecule has 25 heavy (non-hydrogen) atoms. The second kappa shape index (κ2) is 9.39. The van der Waals surface area contributed by atoms with Crippen LogP contribution in [0.25, 0.3) is 0 Å². The van der Waals surface area contributed by atoms with Gasteiger partial charge in [0.15, 0.2) is 18.3 Å². The van der Waals surface area contributed by atoms with Gasteiger partial charge < -0.3 is 20.0 Å². The van der Waals surface area contributed by atoms with Gasteiger partial charge in [-0.15, -0.1) is 0 Å². The highest BCUT2D eigenvalue weighted by atomic mass is 16.3. The first-order chi connectivity index (χ1) is 12.1. The Balaban J connectivity index is 1.93. The summed E-state index contributed by atoms with van der Waals surface area (Å²) in [7, 11) is 4.21. The minimum atomic E-state index is 0.0440. The topological polar surface area (TPSA) is 63.3 Å². The summed E-state index contributed by atoms with van der Waals surface area (Å²) in [6.45, 7) is 5.44. The molecular weight excluding hydrogens is 314 g/mol. The molecule has 4 N–H and O–H groups in total. The molecule has 0 aliphatic carbocycles.